The van der Waals surface area contributed by atoms with Crippen LogP contribution >= 0.6 is 11.3 Å². The molecule has 0 spiro atoms. The fourth-order valence-corrected chi connectivity index (χ4v) is 5.02. The second-order valence-corrected chi connectivity index (χ2v) is 11.0. The molecule has 0 aliphatic rings. The number of rotatable bonds is 15. The lowest BCUT2D eigenvalue weighted by Gasteiger charge is -2.27. The molecular formula is C28H43N5O3S. The van der Waals surface area contributed by atoms with Crippen LogP contribution in [-0.2, 0) is 27.2 Å². The lowest BCUT2D eigenvalue weighted by molar-refractivity contribution is -0.129. The number of amides is 3. The molecule has 9 heteroatoms. The van der Waals surface area contributed by atoms with Gasteiger partial charge in [-0.15, -0.1) is 11.3 Å². The fraction of sp³-hybridized carbons (Fsp3) is 0.571. The first kappa shape index (κ1) is 30.4. The second-order valence-electron chi connectivity index (χ2n) is 9.89. The van der Waals surface area contributed by atoms with E-state index in [9.17, 15) is 14.4 Å². The minimum absolute atomic E-state index is 0.119. The van der Waals surface area contributed by atoms with Gasteiger partial charge in [-0.25, -0.2) is 4.98 Å². The summed E-state index contributed by atoms with van der Waals surface area (Å²) >= 11 is 1.55. The average molecular weight is 530 g/mol. The van der Waals surface area contributed by atoms with E-state index in [2.05, 4.69) is 41.6 Å². The molecular weight excluding hydrogens is 486 g/mol. The normalized spacial score (nSPS) is 13.7. The van der Waals surface area contributed by atoms with Gasteiger partial charge in [0.05, 0.1) is 15.2 Å². The molecule has 3 N–H and O–H groups in total. The Labute approximate surface area is 225 Å². The molecule has 3 atom stereocenters. The van der Waals surface area contributed by atoms with Gasteiger partial charge in [0.2, 0.25) is 17.7 Å². The molecule has 8 nitrogen and oxygen atoms in total. The van der Waals surface area contributed by atoms with E-state index in [4.69, 9.17) is 4.98 Å². The van der Waals surface area contributed by atoms with Crippen LogP contribution in [0, 0.1) is 5.92 Å². The Morgan fingerprint density at radius 1 is 1.14 bits per heavy atom. The number of carbonyl (C=O) groups is 3. The third-order valence-corrected chi connectivity index (χ3v) is 7.42. The summed E-state index contributed by atoms with van der Waals surface area (Å²) in [6.07, 6.45) is 3.12. The van der Waals surface area contributed by atoms with Crippen LogP contribution in [0.15, 0.2) is 30.4 Å². The number of nitrogens with zero attached hydrogens (tertiary/aromatic N) is 2. The lowest BCUT2D eigenvalue weighted by Crippen LogP contribution is -2.54. The highest BCUT2D eigenvalue weighted by atomic mass is 32.1. The van der Waals surface area contributed by atoms with E-state index in [1.54, 1.807) is 11.3 Å². The Hall–Kier alpha value is -2.78. The van der Waals surface area contributed by atoms with Crippen molar-refractivity contribution < 1.29 is 14.4 Å². The molecule has 2 aromatic rings. The van der Waals surface area contributed by atoms with Crippen LogP contribution in [0.4, 0.5) is 0 Å². The first-order valence-corrected chi connectivity index (χ1v) is 14.0. The summed E-state index contributed by atoms with van der Waals surface area (Å²) in [5.41, 5.74) is 2.60. The van der Waals surface area contributed by atoms with Gasteiger partial charge in [0, 0.05) is 37.5 Å². The largest absolute Gasteiger partial charge is 0.350 e. The Balaban J connectivity index is 2.18. The highest BCUT2D eigenvalue weighted by Crippen LogP contribution is 2.24. The Morgan fingerprint density at radius 2 is 1.86 bits per heavy atom. The molecule has 1 heterocycles. The number of aryl methyl sites for hydroxylation is 1. The number of hydrogen-bond acceptors (Lipinski definition) is 6. The summed E-state index contributed by atoms with van der Waals surface area (Å²) in [4.78, 5) is 45.0. The third-order valence-electron chi connectivity index (χ3n) is 6.38. The predicted molar refractivity (Wildman–Crippen MR) is 152 cm³/mol. The van der Waals surface area contributed by atoms with Crippen molar-refractivity contribution in [3.8, 4) is 0 Å². The van der Waals surface area contributed by atoms with Crippen LogP contribution < -0.4 is 16.0 Å². The van der Waals surface area contributed by atoms with Gasteiger partial charge in [-0.05, 0) is 50.6 Å². The van der Waals surface area contributed by atoms with Crippen molar-refractivity contribution >= 4 is 39.3 Å². The molecule has 0 saturated heterocycles. The third kappa shape index (κ3) is 9.55. The monoisotopic (exact) mass is 529 g/mol. The molecule has 204 valence electrons. The van der Waals surface area contributed by atoms with Gasteiger partial charge in [0.25, 0.3) is 0 Å². The molecule has 0 aliphatic carbocycles. The van der Waals surface area contributed by atoms with E-state index in [-0.39, 0.29) is 36.2 Å². The molecule has 3 amide bonds. The van der Waals surface area contributed by atoms with Crippen molar-refractivity contribution in [1.29, 1.82) is 0 Å². The van der Waals surface area contributed by atoms with Gasteiger partial charge in [-0.2, -0.15) is 0 Å². The van der Waals surface area contributed by atoms with Crippen LogP contribution in [0.3, 0.4) is 0 Å². The first-order chi connectivity index (χ1) is 17.6. The maximum absolute atomic E-state index is 13.5. The molecule has 0 saturated carbocycles. The van der Waals surface area contributed by atoms with E-state index in [1.165, 1.54) is 5.56 Å². The number of aromatic nitrogens is 1. The number of benzene rings is 1. The Kier molecular flexibility index (Phi) is 12.2. The average Bonchev–Trinajstić information content (AvgIpc) is 3.26. The quantitative estimate of drug-likeness (QED) is 0.307. The number of thiazole rings is 1. The summed E-state index contributed by atoms with van der Waals surface area (Å²) in [6, 6.07) is 5.16. The highest BCUT2D eigenvalue weighted by molar-refractivity contribution is 7.18. The molecule has 37 heavy (non-hydrogen) atoms. The SMILES string of the molecule is C=C(CN(C)C)C(=O)NCC(NC(=O)[C@H](Cc1nc2ccc(CC)cc2s1)NC(=O)CCC)[C@@H](C)CC. The lowest BCUT2D eigenvalue weighted by atomic mass is 9.98. The van der Waals surface area contributed by atoms with Gasteiger partial charge >= 0.3 is 0 Å². The number of likely N-dealkylation sites (N-methyl/N-ethyl adjacent to an activating group) is 1. The standard InChI is InChI=1S/C28H43N5O3S/c1-8-11-25(34)30-22(15-26-31-21-13-12-20(10-3)14-24(21)37-26)28(36)32-23(18(4)9-2)16-29-27(35)19(5)17-33(6)7/h12-14,18,22-23H,5,8-11,15-17H2,1-4,6-7H3,(H,29,35)(H,30,34)(H,32,36)/t18-,22-,23?/m0/s1. The Bertz CT molecular complexity index is 1080. The molecule has 1 aromatic carbocycles. The molecule has 0 radical (unpaired) electrons. The zero-order valence-electron chi connectivity index (χ0n) is 23.1. The molecule has 1 unspecified atom stereocenters. The van der Waals surface area contributed by atoms with Crippen LogP contribution in [0.25, 0.3) is 10.2 Å². The van der Waals surface area contributed by atoms with Crippen LogP contribution in [0.2, 0.25) is 0 Å². The van der Waals surface area contributed by atoms with Crippen LogP contribution in [0.5, 0.6) is 0 Å². The van der Waals surface area contributed by atoms with Crippen molar-refractivity contribution in [3.63, 3.8) is 0 Å². The maximum Gasteiger partial charge on any atom is 0.247 e. The van der Waals surface area contributed by atoms with Crippen molar-refractivity contribution in [2.75, 3.05) is 27.2 Å². The predicted octanol–water partition coefficient (Wildman–Crippen LogP) is 3.45. The van der Waals surface area contributed by atoms with E-state index >= 15 is 0 Å². The first-order valence-electron chi connectivity index (χ1n) is 13.2. The summed E-state index contributed by atoms with van der Waals surface area (Å²) < 4.78 is 1.08. The minimum atomic E-state index is -0.753. The molecule has 0 aliphatic heterocycles. The van der Waals surface area contributed by atoms with Gasteiger partial charge in [0.15, 0.2) is 0 Å². The van der Waals surface area contributed by atoms with Crippen molar-refractivity contribution in [2.24, 2.45) is 5.92 Å². The van der Waals surface area contributed by atoms with Gasteiger partial charge in [-0.1, -0.05) is 46.8 Å². The van der Waals surface area contributed by atoms with Crippen molar-refractivity contribution in [1.82, 2.24) is 25.8 Å². The van der Waals surface area contributed by atoms with Crippen molar-refractivity contribution in [3.05, 3.63) is 40.9 Å². The number of carbonyl (C=O) groups excluding carboxylic acids is 3. The minimum Gasteiger partial charge on any atom is -0.350 e. The highest BCUT2D eigenvalue weighted by Gasteiger charge is 2.27. The second kappa shape index (κ2) is 14.8. The summed E-state index contributed by atoms with van der Waals surface area (Å²) in [5.74, 6) is -0.548. The van der Waals surface area contributed by atoms with Gasteiger partial charge in [0.1, 0.15) is 6.04 Å². The fourth-order valence-electron chi connectivity index (χ4n) is 3.94. The van der Waals surface area contributed by atoms with E-state index in [1.807, 2.05) is 45.8 Å². The smallest absolute Gasteiger partial charge is 0.247 e. The molecule has 1 aromatic heterocycles. The number of nitrogens with one attached hydrogen (secondary N) is 3. The molecule has 2 rings (SSSR count). The maximum atomic E-state index is 13.5. The zero-order valence-corrected chi connectivity index (χ0v) is 24.0. The number of fused-ring (bicyclic) bond motifs is 1. The van der Waals surface area contributed by atoms with E-state index in [0.29, 0.717) is 31.4 Å². The zero-order chi connectivity index (χ0) is 27.5. The van der Waals surface area contributed by atoms with Crippen molar-refractivity contribution in [2.45, 2.75) is 71.9 Å². The van der Waals surface area contributed by atoms with E-state index < -0.39 is 6.04 Å². The Morgan fingerprint density at radius 3 is 2.49 bits per heavy atom. The molecule has 0 bridgehead atoms. The van der Waals surface area contributed by atoms with Gasteiger partial charge in [-0.3, -0.25) is 14.4 Å². The summed E-state index contributed by atoms with van der Waals surface area (Å²) in [7, 11) is 3.75. The van der Waals surface area contributed by atoms with E-state index in [0.717, 1.165) is 28.1 Å². The summed E-state index contributed by atoms with van der Waals surface area (Å²) in [6.45, 7) is 12.7. The topological polar surface area (TPSA) is 103 Å². The molecule has 0 fully saturated rings. The van der Waals surface area contributed by atoms with Crippen LogP contribution in [-0.4, -0.2) is 66.9 Å². The van der Waals surface area contributed by atoms with Crippen LogP contribution in [0.1, 0.15) is 57.5 Å². The number of hydrogen-bond donors (Lipinski definition) is 3. The van der Waals surface area contributed by atoms with Gasteiger partial charge < -0.3 is 20.9 Å². The summed E-state index contributed by atoms with van der Waals surface area (Å²) in [5, 5.41) is 9.71.